The van der Waals surface area contributed by atoms with Gasteiger partial charge in [0.05, 0.1) is 0 Å². The summed E-state index contributed by atoms with van der Waals surface area (Å²) >= 11 is 0. The lowest BCUT2D eigenvalue weighted by molar-refractivity contribution is -0.154. The predicted octanol–water partition coefficient (Wildman–Crippen LogP) is 0.359. The predicted molar refractivity (Wildman–Crippen MR) is 49.2 cm³/mol. The van der Waals surface area contributed by atoms with Gasteiger partial charge in [-0.25, -0.2) is 0 Å². The Morgan fingerprint density at radius 2 is 1.92 bits per heavy atom. The van der Waals surface area contributed by atoms with Crippen molar-refractivity contribution in [3.63, 3.8) is 0 Å². The van der Waals surface area contributed by atoms with Crippen molar-refractivity contribution >= 4 is 5.91 Å². The number of piperazine rings is 1. The molecule has 3 rings (SSSR count). The van der Waals surface area contributed by atoms with E-state index in [9.17, 15) is 4.79 Å². The zero-order chi connectivity index (χ0) is 8.84. The average Bonchev–Trinajstić information content (AvgIpc) is 2.01. The van der Waals surface area contributed by atoms with E-state index in [1.807, 2.05) is 0 Å². The lowest BCUT2D eigenvalue weighted by atomic mass is 9.80. The molecule has 0 unspecified atom stereocenters. The Morgan fingerprint density at radius 3 is 2.38 bits per heavy atom. The third kappa shape index (κ3) is 1.03. The fourth-order valence-electron chi connectivity index (χ4n) is 2.71. The summed E-state index contributed by atoms with van der Waals surface area (Å²) in [5.41, 5.74) is 0. The summed E-state index contributed by atoms with van der Waals surface area (Å²) in [6.45, 7) is 2.05. The third-order valence-electron chi connectivity index (χ3n) is 3.80. The van der Waals surface area contributed by atoms with E-state index >= 15 is 0 Å². The molecular formula is C10H16N2O. The molecule has 3 heteroatoms. The largest absolute Gasteiger partial charge is 0.334 e. The molecule has 1 amide bonds. The number of hydrogen-bond donors (Lipinski definition) is 1. The fraction of sp³-hybridized carbons (Fsp3) is 0.900. The maximum atomic E-state index is 11.9. The fourth-order valence-corrected chi connectivity index (χ4v) is 2.71. The van der Waals surface area contributed by atoms with Crippen molar-refractivity contribution in [1.29, 1.82) is 0 Å². The molecule has 0 aromatic carbocycles. The highest BCUT2D eigenvalue weighted by Gasteiger charge is 2.46. The normalized spacial score (nSPS) is 38.0. The highest BCUT2D eigenvalue weighted by atomic mass is 16.2. The molecule has 3 fully saturated rings. The SMILES string of the molecule is O=C(C1CCC1)N1[C@@H]2CNC[C@H]1C2. The number of piperidine rings is 1. The van der Waals surface area contributed by atoms with Crippen LogP contribution in [0.4, 0.5) is 0 Å². The molecule has 2 saturated heterocycles. The number of fused-ring (bicyclic) bond motifs is 2. The van der Waals surface area contributed by atoms with Gasteiger partial charge in [-0.2, -0.15) is 0 Å². The molecule has 13 heavy (non-hydrogen) atoms. The quantitative estimate of drug-likeness (QED) is 0.632. The van der Waals surface area contributed by atoms with Crippen LogP contribution in [0.15, 0.2) is 0 Å². The Bertz CT molecular complexity index is 223. The molecule has 0 aromatic rings. The molecule has 3 nitrogen and oxygen atoms in total. The Labute approximate surface area is 78.5 Å². The van der Waals surface area contributed by atoms with Crippen LogP contribution in [0.5, 0.6) is 0 Å². The van der Waals surface area contributed by atoms with E-state index in [4.69, 9.17) is 0 Å². The van der Waals surface area contributed by atoms with Crippen LogP contribution in [-0.4, -0.2) is 36.0 Å². The second-order valence-corrected chi connectivity index (χ2v) is 4.57. The molecule has 2 bridgehead atoms. The summed E-state index contributed by atoms with van der Waals surface area (Å²) in [7, 11) is 0. The molecule has 3 aliphatic rings. The monoisotopic (exact) mass is 180 g/mol. The number of amides is 1. The van der Waals surface area contributed by atoms with Crippen molar-refractivity contribution in [3.05, 3.63) is 0 Å². The van der Waals surface area contributed by atoms with Gasteiger partial charge in [0, 0.05) is 31.1 Å². The van der Waals surface area contributed by atoms with Crippen LogP contribution >= 0.6 is 0 Å². The Hall–Kier alpha value is -0.570. The minimum atomic E-state index is 0.392. The highest BCUT2D eigenvalue weighted by molar-refractivity contribution is 5.81. The molecule has 72 valence electrons. The van der Waals surface area contributed by atoms with Crippen LogP contribution in [0.2, 0.25) is 0 Å². The van der Waals surface area contributed by atoms with Crippen LogP contribution in [0.25, 0.3) is 0 Å². The lowest BCUT2D eigenvalue weighted by Gasteiger charge is -2.54. The molecule has 2 atom stereocenters. The molecule has 1 aliphatic carbocycles. The first-order valence-corrected chi connectivity index (χ1v) is 5.39. The number of carbonyl (C=O) groups excluding carboxylic acids is 1. The minimum absolute atomic E-state index is 0.392. The van der Waals surface area contributed by atoms with Gasteiger partial charge in [0.1, 0.15) is 0 Å². The molecule has 0 radical (unpaired) electrons. The van der Waals surface area contributed by atoms with Crippen LogP contribution in [-0.2, 0) is 4.79 Å². The summed E-state index contributed by atoms with van der Waals surface area (Å²) in [4.78, 5) is 14.1. The first-order valence-electron chi connectivity index (χ1n) is 5.39. The number of hydrogen-bond acceptors (Lipinski definition) is 2. The first-order chi connectivity index (χ1) is 6.36. The molecule has 1 saturated carbocycles. The maximum absolute atomic E-state index is 11.9. The van der Waals surface area contributed by atoms with E-state index in [0.29, 0.717) is 23.9 Å². The van der Waals surface area contributed by atoms with Gasteiger partial charge in [0.2, 0.25) is 5.91 Å². The van der Waals surface area contributed by atoms with Crippen LogP contribution < -0.4 is 5.32 Å². The summed E-state index contributed by atoms with van der Waals surface area (Å²) in [6, 6.07) is 1.07. The molecule has 2 heterocycles. The van der Waals surface area contributed by atoms with Gasteiger partial charge >= 0.3 is 0 Å². The lowest BCUT2D eigenvalue weighted by Crippen LogP contribution is -2.70. The van der Waals surface area contributed by atoms with E-state index in [1.54, 1.807) is 0 Å². The smallest absolute Gasteiger partial charge is 0.226 e. The molecular weight excluding hydrogens is 164 g/mol. The standard InChI is InChI=1S/C10H16N2O/c13-10(7-2-1-3-7)12-8-4-9(12)6-11-5-8/h7-9,11H,1-6H2/t8-,9+. The molecule has 0 aromatic heterocycles. The second-order valence-electron chi connectivity index (χ2n) is 4.57. The summed E-state index contributed by atoms with van der Waals surface area (Å²) in [5.74, 6) is 0.845. The van der Waals surface area contributed by atoms with E-state index in [1.165, 1.54) is 12.8 Å². The Morgan fingerprint density at radius 1 is 1.23 bits per heavy atom. The van der Waals surface area contributed by atoms with Gasteiger partial charge < -0.3 is 10.2 Å². The van der Waals surface area contributed by atoms with Gasteiger partial charge in [-0.15, -0.1) is 0 Å². The Kier molecular flexibility index (Phi) is 1.62. The van der Waals surface area contributed by atoms with E-state index in [0.717, 1.165) is 25.9 Å². The third-order valence-corrected chi connectivity index (χ3v) is 3.80. The topological polar surface area (TPSA) is 32.3 Å². The van der Waals surface area contributed by atoms with Gasteiger partial charge in [-0.3, -0.25) is 4.79 Å². The summed E-state index contributed by atoms with van der Waals surface area (Å²) in [6.07, 6.45) is 4.79. The van der Waals surface area contributed by atoms with Gasteiger partial charge in [0.15, 0.2) is 0 Å². The maximum Gasteiger partial charge on any atom is 0.226 e. The van der Waals surface area contributed by atoms with E-state index in [-0.39, 0.29) is 0 Å². The zero-order valence-electron chi connectivity index (χ0n) is 7.83. The van der Waals surface area contributed by atoms with Crippen molar-refractivity contribution in [3.8, 4) is 0 Å². The van der Waals surface area contributed by atoms with Crippen molar-refractivity contribution in [2.45, 2.75) is 37.8 Å². The minimum Gasteiger partial charge on any atom is -0.334 e. The van der Waals surface area contributed by atoms with Crippen LogP contribution in [0.1, 0.15) is 25.7 Å². The highest BCUT2D eigenvalue weighted by Crippen LogP contribution is 2.35. The number of nitrogens with zero attached hydrogens (tertiary/aromatic N) is 1. The molecule has 0 spiro atoms. The number of nitrogens with one attached hydrogen (secondary N) is 1. The van der Waals surface area contributed by atoms with Crippen LogP contribution in [0, 0.1) is 5.92 Å². The van der Waals surface area contributed by atoms with E-state index in [2.05, 4.69) is 10.2 Å². The summed E-state index contributed by atoms with van der Waals surface area (Å²) in [5, 5.41) is 3.35. The second kappa shape index (κ2) is 2.71. The van der Waals surface area contributed by atoms with Crippen molar-refractivity contribution < 1.29 is 4.79 Å². The molecule has 2 aliphatic heterocycles. The average molecular weight is 180 g/mol. The van der Waals surface area contributed by atoms with E-state index < -0.39 is 0 Å². The molecule has 1 N–H and O–H groups in total. The van der Waals surface area contributed by atoms with Gasteiger partial charge in [-0.1, -0.05) is 6.42 Å². The summed E-state index contributed by atoms with van der Waals surface area (Å²) < 4.78 is 0. The zero-order valence-corrected chi connectivity index (χ0v) is 7.83. The van der Waals surface area contributed by atoms with Crippen molar-refractivity contribution in [1.82, 2.24) is 10.2 Å². The van der Waals surface area contributed by atoms with Gasteiger partial charge in [0.25, 0.3) is 0 Å². The number of rotatable bonds is 1. The van der Waals surface area contributed by atoms with Crippen molar-refractivity contribution in [2.24, 2.45) is 5.92 Å². The Balaban J connectivity index is 1.68. The van der Waals surface area contributed by atoms with Crippen LogP contribution in [0.3, 0.4) is 0 Å². The van der Waals surface area contributed by atoms with Crippen molar-refractivity contribution in [2.75, 3.05) is 13.1 Å². The van der Waals surface area contributed by atoms with Gasteiger partial charge in [-0.05, 0) is 19.3 Å². The first kappa shape index (κ1) is 7.80. The number of carbonyl (C=O) groups is 1.